The molecule has 0 aliphatic carbocycles. The zero-order valence-electron chi connectivity index (χ0n) is 25.2. The number of carbonyl (C=O) groups is 5. The number of benzene rings is 2. The largest absolute Gasteiger partial charge is 0.481 e. The van der Waals surface area contributed by atoms with E-state index in [0.29, 0.717) is 36.0 Å². The lowest BCUT2D eigenvalue weighted by Gasteiger charge is -2.37. The second-order valence-electron chi connectivity index (χ2n) is 10.6. The quantitative estimate of drug-likeness (QED) is 0.119. The standard InChI is InChI=1S/C29H36N10O7/c1-46-17-39-24(34-36-37-39)13-12-22(33-26(42)21-10-6-8-18-7-2-3-9-20(18)21)28(44)38-14-5-4-11-23(38)27(43)32-19(15-25(40)41)16-31-35-29(30)45/h2-3,6-10,16,19,22-23H,4-5,11-15,17H2,1H3,(H,32,43)(H,33,42)(H,40,41)(H3,30,35,45)/t19-,22-,23-/m0/s1. The summed E-state index contributed by atoms with van der Waals surface area (Å²) in [5.41, 5.74) is 7.34. The predicted molar refractivity (Wildman–Crippen MR) is 163 cm³/mol. The van der Waals surface area contributed by atoms with Crippen molar-refractivity contribution in [1.29, 1.82) is 0 Å². The van der Waals surface area contributed by atoms with Gasteiger partial charge in [0.1, 0.15) is 18.8 Å². The number of carbonyl (C=O) groups excluding carboxylic acids is 4. The summed E-state index contributed by atoms with van der Waals surface area (Å²) < 4.78 is 6.56. The number of tetrazole rings is 1. The van der Waals surface area contributed by atoms with Crippen molar-refractivity contribution in [2.24, 2.45) is 10.8 Å². The minimum atomic E-state index is -1.22. The number of urea groups is 1. The van der Waals surface area contributed by atoms with Gasteiger partial charge in [-0.2, -0.15) is 5.10 Å². The highest BCUT2D eigenvalue weighted by Crippen LogP contribution is 2.22. The maximum absolute atomic E-state index is 14.2. The number of likely N-dealkylation sites (tertiary alicyclic amines) is 1. The van der Waals surface area contributed by atoms with E-state index in [1.807, 2.05) is 35.8 Å². The van der Waals surface area contributed by atoms with Crippen molar-refractivity contribution in [3.8, 4) is 0 Å². The number of nitrogens with zero attached hydrogens (tertiary/aromatic N) is 6. The number of aryl methyl sites for hydroxylation is 1. The minimum Gasteiger partial charge on any atom is -0.481 e. The van der Waals surface area contributed by atoms with Crippen LogP contribution in [0.15, 0.2) is 47.6 Å². The van der Waals surface area contributed by atoms with E-state index in [1.54, 1.807) is 12.1 Å². The van der Waals surface area contributed by atoms with E-state index in [0.717, 1.165) is 11.6 Å². The van der Waals surface area contributed by atoms with Crippen molar-refractivity contribution in [3.05, 3.63) is 53.9 Å². The fourth-order valence-corrected chi connectivity index (χ4v) is 5.28. The molecule has 0 radical (unpaired) electrons. The maximum atomic E-state index is 14.2. The summed E-state index contributed by atoms with van der Waals surface area (Å²) >= 11 is 0. The molecule has 1 saturated heterocycles. The van der Waals surface area contributed by atoms with Gasteiger partial charge in [0.15, 0.2) is 5.82 Å². The predicted octanol–water partition coefficient (Wildman–Crippen LogP) is 0.156. The van der Waals surface area contributed by atoms with Gasteiger partial charge in [-0.3, -0.25) is 19.2 Å². The van der Waals surface area contributed by atoms with Gasteiger partial charge in [-0.05, 0) is 52.9 Å². The average molecular weight is 637 g/mol. The SMILES string of the molecule is COCn1nnnc1CC[C@H](NC(=O)c1cccc2ccccc12)C(=O)N1CCCC[C@H]1C(=O)N[C@H](C=NNC(N)=O)CC(=O)O. The lowest BCUT2D eigenvalue weighted by molar-refractivity contribution is -0.144. The second-order valence-corrected chi connectivity index (χ2v) is 10.6. The van der Waals surface area contributed by atoms with Crippen LogP contribution >= 0.6 is 0 Å². The van der Waals surface area contributed by atoms with Crippen LogP contribution < -0.4 is 21.8 Å². The summed E-state index contributed by atoms with van der Waals surface area (Å²) in [6, 6.07) is 8.62. The Morgan fingerprint density at radius 1 is 1.13 bits per heavy atom. The Labute approximate surface area is 263 Å². The average Bonchev–Trinajstić information content (AvgIpc) is 3.48. The van der Waals surface area contributed by atoms with Crippen molar-refractivity contribution < 1.29 is 33.8 Å². The molecule has 1 aliphatic heterocycles. The number of aliphatic carboxylic acids is 1. The molecule has 1 aliphatic rings. The topological polar surface area (TPSA) is 236 Å². The number of primary amides is 1. The van der Waals surface area contributed by atoms with Gasteiger partial charge >= 0.3 is 12.0 Å². The number of carboxylic acid groups (broad SMARTS) is 1. The third kappa shape index (κ3) is 8.81. The Balaban J connectivity index is 1.58. The Hall–Kier alpha value is -5.45. The highest BCUT2D eigenvalue weighted by atomic mass is 16.5. The molecular formula is C29H36N10O7. The number of methoxy groups -OCH3 is 1. The van der Waals surface area contributed by atoms with Crippen LogP contribution in [0.4, 0.5) is 4.79 Å². The highest BCUT2D eigenvalue weighted by Gasteiger charge is 2.37. The van der Waals surface area contributed by atoms with Gasteiger partial charge in [0.05, 0.1) is 12.5 Å². The van der Waals surface area contributed by atoms with Crippen molar-refractivity contribution >= 4 is 46.7 Å². The van der Waals surface area contributed by atoms with E-state index >= 15 is 0 Å². The Morgan fingerprint density at radius 2 is 1.91 bits per heavy atom. The summed E-state index contributed by atoms with van der Waals surface area (Å²) in [6.07, 6.45) is 2.40. The molecule has 244 valence electrons. The molecule has 2 aromatic carbocycles. The van der Waals surface area contributed by atoms with Crippen LogP contribution in [0.25, 0.3) is 10.8 Å². The molecule has 3 aromatic rings. The van der Waals surface area contributed by atoms with Crippen LogP contribution in [0.3, 0.4) is 0 Å². The third-order valence-corrected chi connectivity index (χ3v) is 7.39. The summed E-state index contributed by atoms with van der Waals surface area (Å²) in [7, 11) is 1.49. The molecule has 4 rings (SSSR count). The van der Waals surface area contributed by atoms with Crippen molar-refractivity contribution in [3.63, 3.8) is 0 Å². The first-order chi connectivity index (χ1) is 22.2. The number of piperidine rings is 1. The number of nitrogens with one attached hydrogen (secondary N) is 3. The van der Waals surface area contributed by atoms with Crippen LogP contribution in [0.1, 0.15) is 48.3 Å². The first kappa shape index (κ1) is 33.4. The number of hydrogen-bond acceptors (Lipinski definition) is 10. The van der Waals surface area contributed by atoms with Gasteiger partial charge in [0.25, 0.3) is 5.91 Å². The number of aromatic nitrogens is 4. The number of fused-ring (bicyclic) bond motifs is 1. The van der Waals surface area contributed by atoms with Crippen LogP contribution in [0, 0.1) is 0 Å². The van der Waals surface area contributed by atoms with E-state index in [-0.39, 0.29) is 26.1 Å². The summed E-state index contributed by atoms with van der Waals surface area (Å²) in [6.45, 7) is 0.327. The van der Waals surface area contributed by atoms with Gasteiger partial charge < -0.3 is 31.1 Å². The molecule has 2 heterocycles. The second kappa shape index (κ2) is 16.0. The Kier molecular flexibility index (Phi) is 11.7. The first-order valence-corrected chi connectivity index (χ1v) is 14.6. The molecule has 3 atom stereocenters. The van der Waals surface area contributed by atoms with Crippen LogP contribution in [-0.4, -0.2) is 97.9 Å². The number of ether oxygens (including phenoxy) is 1. The Morgan fingerprint density at radius 3 is 2.67 bits per heavy atom. The molecule has 0 bridgehead atoms. The number of hydrogen-bond donors (Lipinski definition) is 5. The molecule has 0 saturated carbocycles. The fraction of sp³-hybridized carbons (Fsp3) is 0.414. The first-order valence-electron chi connectivity index (χ1n) is 14.6. The van der Waals surface area contributed by atoms with Gasteiger partial charge in [0, 0.05) is 31.9 Å². The van der Waals surface area contributed by atoms with E-state index in [4.69, 9.17) is 10.5 Å². The number of hydrazone groups is 1. The monoisotopic (exact) mass is 636 g/mol. The smallest absolute Gasteiger partial charge is 0.332 e. The molecule has 17 heteroatoms. The van der Waals surface area contributed by atoms with E-state index < -0.39 is 54.3 Å². The zero-order chi connectivity index (χ0) is 33.1. The third-order valence-electron chi connectivity index (χ3n) is 7.39. The maximum Gasteiger partial charge on any atom is 0.332 e. The lowest BCUT2D eigenvalue weighted by Crippen LogP contribution is -2.58. The molecule has 1 aromatic heterocycles. The van der Waals surface area contributed by atoms with Crippen LogP contribution in [0.5, 0.6) is 0 Å². The lowest BCUT2D eigenvalue weighted by atomic mass is 9.98. The highest BCUT2D eigenvalue weighted by molar-refractivity contribution is 6.08. The molecular weight excluding hydrogens is 600 g/mol. The number of carboxylic acids is 1. The molecule has 6 N–H and O–H groups in total. The van der Waals surface area contributed by atoms with Gasteiger partial charge in [-0.1, -0.05) is 36.4 Å². The number of amides is 5. The van der Waals surface area contributed by atoms with Crippen LogP contribution in [0.2, 0.25) is 0 Å². The summed E-state index contributed by atoms with van der Waals surface area (Å²) in [4.78, 5) is 65.1. The number of rotatable bonds is 14. The normalized spacial score (nSPS) is 16.1. The molecule has 0 unspecified atom stereocenters. The Bertz CT molecular complexity index is 1590. The molecule has 46 heavy (non-hydrogen) atoms. The van der Waals surface area contributed by atoms with Gasteiger partial charge in [0.2, 0.25) is 11.8 Å². The van der Waals surface area contributed by atoms with E-state index in [9.17, 15) is 29.1 Å². The number of nitrogens with two attached hydrogens (primary N) is 1. The van der Waals surface area contributed by atoms with Gasteiger partial charge in [-0.25, -0.2) is 14.9 Å². The van der Waals surface area contributed by atoms with Crippen molar-refractivity contribution in [1.82, 2.24) is 41.2 Å². The molecule has 17 nitrogen and oxygen atoms in total. The molecule has 5 amide bonds. The van der Waals surface area contributed by atoms with Crippen molar-refractivity contribution in [2.45, 2.75) is 63.4 Å². The fourth-order valence-electron chi connectivity index (χ4n) is 5.28. The van der Waals surface area contributed by atoms with Gasteiger partial charge in [-0.15, -0.1) is 5.10 Å². The summed E-state index contributed by atoms with van der Waals surface area (Å²) in [5.74, 6) is -2.35. The minimum absolute atomic E-state index is 0.0907. The van der Waals surface area contributed by atoms with Crippen molar-refractivity contribution in [2.75, 3.05) is 13.7 Å². The zero-order valence-corrected chi connectivity index (χ0v) is 25.2. The molecule has 1 fully saturated rings. The van der Waals surface area contributed by atoms with Crippen LogP contribution in [-0.2, 0) is 32.3 Å². The van der Waals surface area contributed by atoms with E-state index in [2.05, 4.69) is 31.3 Å². The summed E-state index contributed by atoms with van der Waals surface area (Å²) in [5, 5.41) is 31.5. The van der Waals surface area contributed by atoms with E-state index in [1.165, 1.54) is 16.7 Å². The molecule has 0 spiro atoms.